The van der Waals surface area contributed by atoms with Crippen LogP contribution in [0.25, 0.3) is 0 Å². The average Bonchev–Trinajstić information content (AvgIpc) is 2.29. The molecule has 0 saturated carbocycles. The Kier molecular flexibility index (Phi) is 6.21. The molecule has 0 fully saturated rings. The van der Waals surface area contributed by atoms with Crippen LogP contribution < -0.4 is 5.32 Å². The lowest BCUT2D eigenvalue weighted by molar-refractivity contribution is 0.353. The molecular formula is C15H24BrN. The second-order valence-corrected chi connectivity index (χ2v) is 5.70. The number of hydrogen-bond donors (Lipinski definition) is 1. The molecule has 1 atom stereocenters. The van der Waals surface area contributed by atoms with Crippen molar-refractivity contribution in [2.75, 3.05) is 0 Å². The molecule has 0 bridgehead atoms. The summed E-state index contributed by atoms with van der Waals surface area (Å²) < 4.78 is 1.21. The van der Waals surface area contributed by atoms with Gasteiger partial charge in [0.05, 0.1) is 0 Å². The maximum Gasteiger partial charge on any atom is 0.0222 e. The molecule has 2 heteroatoms. The molecule has 0 aromatic heterocycles. The van der Waals surface area contributed by atoms with E-state index in [9.17, 15) is 0 Å². The zero-order valence-corrected chi connectivity index (χ0v) is 13.0. The number of hydrogen-bond acceptors (Lipinski definition) is 1. The van der Waals surface area contributed by atoms with Gasteiger partial charge in [0.1, 0.15) is 0 Å². The molecule has 1 aromatic carbocycles. The van der Waals surface area contributed by atoms with Crippen molar-refractivity contribution >= 4 is 15.9 Å². The number of aryl methyl sites for hydroxylation is 1. The molecule has 0 heterocycles. The monoisotopic (exact) mass is 297 g/mol. The standard InChI is InChI=1S/C15H24BrN/c1-5-13(6-2)12(4)17-10-14-8-7-11(3)9-15(14)16/h7-9,12-13,17H,5-6,10H2,1-4H3. The third kappa shape index (κ3) is 4.44. The molecule has 0 radical (unpaired) electrons. The van der Waals surface area contributed by atoms with Crippen LogP contribution in [0.3, 0.4) is 0 Å². The minimum atomic E-state index is 0.582. The van der Waals surface area contributed by atoms with Crippen molar-refractivity contribution in [1.82, 2.24) is 5.32 Å². The topological polar surface area (TPSA) is 12.0 Å². The minimum Gasteiger partial charge on any atom is -0.310 e. The first kappa shape index (κ1) is 14.7. The van der Waals surface area contributed by atoms with Gasteiger partial charge in [0.15, 0.2) is 0 Å². The zero-order valence-electron chi connectivity index (χ0n) is 11.4. The number of benzene rings is 1. The average molecular weight is 298 g/mol. The first-order chi connectivity index (χ1) is 8.08. The summed E-state index contributed by atoms with van der Waals surface area (Å²) in [6, 6.07) is 7.13. The summed E-state index contributed by atoms with van der Waals surface area (Å²) in [4.78, 5) is 0. The van der Waals surface area contributed by atoms with Gasteiger partial charge in [-0.25, -0.2) is 0 Å². The third-order valence-corrected chi connectivity index (χ3v) is 4.32. The lowest BCUT2D eigenvalue weighted by Gasteiger charge is -2.23. The van der Waals surface area contributed by atoms with E-state index in [1.165, 1.54) is 28.4 Å². The van der Waals surface area contributed by atoms with Gasteiger partial charge in [-0.1, -0.05) is 54.8 Å². The van der Waals surface area contributed by atoms with Gasteiger partial charge in [0.2, 0.25) is 0 Å². The molecular weight excluding hydrogens is 274 g/mol. The molecule has 0 amide bonds. The highest BCUT2D eigenvalue weighted by molar-refractivity contribution is 9.10. The van der Waals surface area contributed by atoms with Crippen LogP contribution in [0.5, 0.6) is 0 Å². The summed E-state index contributed by atoms with van der Waals surface area (Å²) in [6.07, 6.45) is 2.50. The molecule has 0 aliphatic carbocycles. The minimum absolute atomic E-state index is 0.582. The zero-order chi connectivity index (χ0) is 12.8. The molecule has 1 aromatic rings. The highest BCUT2D eigenvalue weighted by Gasteiger charge is 2.12. The van der Waals surface area contributed by atoms with Gasteiger partial charge in [-0.15, -0.1) is 0 Å². The van der Waals surface area contributed by atoms with Crippen LogP contribution in [0.15, 0.2) is 22.7 Å². The summed E-state index contributed by atoms with van der Waals surface area (Å²) >= 11 is 3.63. The highest BCUT2D eigenvalue weighted by atomic mass is 79.9. The fraction of sp³-hybridized carbons (Fsp3) is 0.600. The molecule has 0 saturated heterocycles. The largest absolute Gasteiger partial charge is 0.310 e. The van der Waals surface area contributed by atoms with Crippen LogP contribution in [0, 0.1) is 12.8 Å². The van der Waals surface area contributed by atoms with E-state index in [1.807, 2.05) is 0 Å². The van der Waals surface area contributed by atoms with E-state index in [2.05, 4.69) is 67.1 Å². The Balaban J connectivity index is 2.55. The Labute approximate surface area is 114 Å². The highest BCUT2D eigenvalue weighted by Crippen LogP contribution is 2.19. The van der Waals surface area contributed by atoms with Gasteiger partial charge in [0, 0.05) is 17.1 Å². The first-order valence-electron chi connectivity index (χ1n) is 6.56. The van der Waals surface area contributed by atoms with Crippen molar-refractivity contribution in [2.24, 2.45) is 5.92 Å². The number of nitrogens with one attached hydrogen (secondary N) is 1. The van der Waals surface area contributed by atoms with Gasteiger partial charge in [-0.2, -0.15) is 0 Å². The second kappa shape index (κ2) is 7.17. The van der Waals surface area contributed by atoms with Crippen molar-refractivity contribution in [1.29, 1.82) is 0 Å². The lowest BCUT2D eigenvalue weighted by Crippen LogP contribution is -2.32. The van der Waals surface area contributed by atoms with Crippen LogP contribution >= 0.6 is 15.9 Å². The maximum absolute atomic E-state index is 3.63. The summed E-state index contributed by atoms with van der Waals surface area (Å²) in [7, 11) is 0. The third-order valence-electron chi connectivity index (χ3n) is 3.58. The first-order valence-corrected chi connectivity index (χ1v) is 7.36. The van der Waals surface area contributed by atoms with Gasteiger partial charge in [-0.3, -0.25) is 0 Å². The number of halogens is 1. The van der Waals surface area contributed by atoms with E-state index in [-0.39, 0.29) is 0 Å². The Hall–Kier alpha value is -0.340. The maximum atomic E-state index is 3.63. The van der Waals surface area contributed by atoms with Crippen molar-refractivity contribution in [3.05, 3.63) is 33.8 Å². The van der Waals surface area contributed by atoms with Crippen molar-refractivity contribution in [3.63, 3.8) is 0 Å². The Morgan fingerprint density at radius 2 is 1.88 bits per heavy atom. The number of rotatable bonds is 6. The molecule has 1 unspecified atom stereocenters. The SMILES string of the molecule is CCC(CC)C(C)NCc1ccc(C)cc1Br. The molecule has 0 aliphatic rings. The van der Waals surface area contributed by atoms with Crippen LogP contribution in [0.1, 0.15) is 44.7 Å². The normalized spacial score (nSPS) is 13.1. The van der Waals surface area contributed by atoms with E-state index in [4.69, 9.17) is 0 Å². The molecule has 17 heavy (non-hydrogen) atoms. The van der Waals surface area contributed by atoms with Crippen molar-refractivity contribution in [3.8, 4) is 0 Å². The van der Waals surface area contributed by atoms with Crippen LogP contribution in [0.4, 0.5) is 0 Å². The Bertz CT molecular complexity index is 345. The smallest absolute Gasteiger partial charge is 0.0222 e. The van der Waals surface area contributed by atoms with Gasteiger partial charge >= 0.3 is 0 Å². The summed E-state index contributed by atoms with van der Waals surface area (Å²) in [5.41, 5.74) is 2.64. The van der Waals surface area contributed by atoms with Crippen LogP contribution in [0.2, 0.25) is 0 Å². The fourth-order valence-electron chi connectivity index (χ4n) is 2.23. The lowest BCUT2D eigenvalue weighted by atomic mass is 9.95. The molecule has 1 rings (SSSR count). The molecule has 96 valence electrons. The van der Waals surface area contributed by atoms with Crippen LogP contribution in [-0.2, 0) is 6.54 Å². The molecule has 0 aliphatic heterocycles. The predicted octanol–water partition coefficient (Wildman–Crippen LogP) is 4.67. The quantitative estimate of drug-likeness (QED) is 0.804. The van der Waals surface area contributed by atoms with E-state index in [0.717, 1.165) is 12.5 Å². The predicted molar refractivity (Wildman–Crippen MR) is 79.3 cm³/mol. The summed E-state index contributed by atoms with van der Waals surface area (Å²) in [5, 5.41) is 3.63. The van der Waals surface area contributed by atoms with Crippen LogP contribution in [-0.4, -0.2) is 6.04 Å². The summed E-state index contributed by atoms with van der Waals surface area (Å²) in [5.74, 6) is 0.777. The molecule has 0 spiro atoms. The van der Waals surface area contributed by atoms with Gasteiger partial charge in [0.25, 0.3) is 0 Å². The fourth-order valence-corrected chi connectivity index (χ4v) is 2.86. The van der Waals surface area contributed by atoms with Gasteiger partial charge in [-0.05, 0) is 37.0 Å². The summed E-state index contributed by atoms with van der Waals surface area (Å²) in [6.45, 7) is 9.90. The van der Waals surface area contributed by atoms with Crippen molar-refractivity contribution < 1.29 is 0 Å². The van der Waals surface area contributed by atoms with E-state index < -0.39 is 0 Å². The van der Waals surface area contributed by atoms with Crippen molar-refractivity contribution in [2.45, 2.75) is 53.1 Å². The van der Waals surface area contributed by atoms with E-state index >= 15 is 0 Å². The van der Waals surface area contributed by atoms with E-state index in [1.54, 1.807) is 0 Å². The molecule has 1 nitrogen and oxygen atoms in total. The van der Waals surface area contributed by atoms with Gasteiger partial charge < -0.3 is 5.32 Å². The molecule has 1 N–H and O–H groups in total. The van der Waals surface area contributed by atoms with E-state index in [0.29, 0.717) is 6.04 Å². The second-order valence-electron chi connectivity index (χ2n) is 4.84. The Morgan fingerprint density at radius 3 is 2.41 bits per heavy atom. The Morgan fingerprint density at radius 1 is 1.24 bits per heavy atom.